The first-order valence-electron chi connectivity index (χ1n) is 6.15. The molecule has 0 bridgehead atoms. The fraction of sp³-hybridized carbons (Fsp3) is 0. The minimum absolute atomic E-state index is 0.598. The van der Waals surface area contributed by atoms with Crippen LogP contribution >= 0.6 is 0 Å². The van der Waals surface area contributed by atoms with Crippen LogP contribution in [0.4, 0.5) is 0 Å². The molecule has 0 spiro atoms. The Morgan fingerprint density at radius 2 is 1.47 bits per heavy atom. The van der Waals surface area contributed by atoms with Crippen molar-refractivity contribution in [2.45, 2.75) is 0 Å². The quantitative estimate of drug-likeness (QED) is 0.600. The summed E-state index contributed by atoms with van der Waals surface area (Å²) < 4.78 is 0. The number of fused-ring (bicyclic) bond motifs is 1. The molecule has 3 rings (SSSR count). The maximum Gasteiger partial charge on any atom is 0.110 e. The van der Waals surface area contributed by atoms with Gasteiger partial charge in [-0.05, 0) is 28.9 Å². The Hall–Kier alpha value is -2.61. The Bertz CT molecular complexity index is 681. The smallest absolute Gasteiger partial charge is 0.110 e. The van der Waals surface area contributed by atoms with E-state index < -0.39 is 0 Å². The standard InChI is InChI=1S/C17H13NO/c19-18-17-11-10-14(12-13-6-2-1-3-7-13)15-8-4-5-9-16(15)17/h1-12,19H. The summed E-state index contributed by atoms with van der Waals surface area (Å²) >= 11 is 0. The van der Waals surface area contributed by atoms with Gasteiger partial charge in [-0.2, -0.15) is 0 Å². The summed E-state index contributed by atoms with van der Waals surface area (Å²) in [5.74, 6) is 0. The zero-order valence-electron chi connectivity index (χ0n) is 10.3. The zero-order valence-corrected chi connectivity index (χ0v) is 10.3. The van der Waals surface area contributed by atoms with Gasteiger partial charge in [-0.15, -0.1) is 0 Å². The topological polar surface area (TPSA) is 32.6 Å². The van der Waals surface area contributed by atoms with Crippen LogP contribution in [0.15, 0.2) is 71.9 Å². The average molecular weight is 247 g/mol. The second-order valence-corrected chi connectivity index (χ2v) is 4.37. The molecule has 0 aliphatic heterocycles. The first-order chi connectivity index (χ1) is 9.38. The molecule has 2 heteroatoms. The van der Waals surface area contributed by atoms with Gasteiger partial charge in [0.05, 0.1) is 0 Å². The fourth-order valence-electron chi connectivity index (χ4n) is 2.25. The van der Waals surface area contributed by atoms with Crippen LogP contribution in [0.2, 0.25) is 0 Å². The highest BCUT2D eigenvalue weighted by atomic mass is 16.4. The maximum atomic E-state index is 9.03. The van der Waals surface area contributed by atoms with Gasteiger partial charge in [-0.3, -0.25) is 0 Å². The van der Waals surface area contributed by atoms with Crippen molar-refractivity contribution in [3.8, 4) is 0 Å². The summed E-state index contributed by atoms with van der Waals surface area (Å²) in [5.41, 5.74) is 4.91. The summed E-state index contributed by atoms with van der Waals surface area (Å²) in [7, 11) is 0. The molecule has 0 radical (unpaired) electrons. The molecule has 1 aliphatic rings. The minimum atomic E-state index is 0.598. The van der Waals surface area contributed by atoms with Crippen molar-refractivity contribution in [2.75, 3.05) is 0 Å². The monoisotopic (exact) mass is 247 g/mol. The van der Waals surface area contributed by atoms with Crippen LogP contribution in [-0.2, 0) is 0 Å². The van der Waals surface area contributed by atoms with E-state index in [-0.39, 0.29) is 0 Å². The molecule has 92 valence electrons. The van der Waals surface area contributed by atoms with Gasteiger partial charge in [0.2, 0.25) is 0 Å². The lowest BCUT2D eigenvalue weighted by molar-refractivity contribution is 0.320. The normalized spacial score (nSPS) is 17.7. The van der Waals surface area contributed by atoms with Crippen LogP contribution in [0.25, 0.3) is 11.6 Å². The first-order valence-corrected chi connectivity index (χ1v) is 6.15. The van der Waals surface area contributed by atoms with Crippen molar-refractivity contribution in [3.05, 3.63) is 83.4 Å². The molecule has 19 heavy (non-hydrogen) atoms. The van der Waals surface area contributed by atoms with Crippen LogP contribution in [0.5, 0.6) is 0 Å². The third-order valence-electron chi connectivity index (χ3n) is 3.16. The number of benzene rings is 2. The van der Waals surface area contributed by atoms with Crippen molar-refractivity contribution in [3.63, 3.8) is 0 Å². The number of hydrogen-bond donors (Lipinski definition) is 1. The van der Waals surface area contributed by atoms with Crippen LogP contribution in [-0.4, -0.2) is 10.9 Å². The predicted molar refractivity (Wildman–Crippen MR) is 78.2 cm³/mol. The summed E-state index contributed by atoms with van der Waals surface area (Å²) in [6.45, 7) is 0. The number of rotatable bonds is 1. The summed E-state index contributed by atoms with van der Waals surface area (Å²) in [4.78, 5) is 0. The first kappa shape index (κ1) is 11.5. The molecule has 0 unspecified atom stereocenters. The third kappa shape index (κ3) is 2.20. The summed E-state index contributed by atoms with van der Waals surface area (Å²) in [6, 6.07) is 18.1. The molecule has 0 saturated carbocycles. The maximum absolute atomic E-state index is 9.03. The van der Waals surface area contributed by atoms with Crippen molar-refractivity contribution in [1.82, 2.24) is 0 Å². The molecular formula is C17H13NO. The minimum Gasteiger partial charge on any atom is -0.410 e. The Balaban J connectivity index is 2.13. The number of hydrogen-bond acceptors (Lipinski definition) is 2. The van der Waals surface area contributed by atoms with E-state index in [0.29, 0.717) is 5.71 Å². The van der Waals surface area contributed by atoms with Crippen molar-refractivity contribution >= 4 is 17.4 Å². The van der Waals surface area contributed by atoms with E-state index in [1.807, 2.05) is 54.6 Å². The van der Waals surface area contributed by atoms with Crippen LogP contribution in [0.1, 0.15) is 16.7 Å². The van der Waals surface area contributed by atoms with Crippen LogP contribution in [0.3, 0.4) is 0 Å². The van der Waals surface area contributed by atoms with E-state index in [1.165, 1.54) is 0 Å². The number of nitrogens with zero attached hydrogens (tertiary/aromatic N) is 1. The van der Waals surface area contributed by atoms with Gasteiger partial charge in [-0.1, -0.05) is 65.8 Å². The fourth-order valence-corrected chi connectivity index (χ4v) is 2.25. The van der Waals surface area contributed by atoms with Gasteiger partial charge in [0, 0.05) is 5.56 Å². The van der Waals surface area contributed by atoms with E-state index in [1.54, 1.807) is 0 Å². The SMILES string of the molecule is ON=C1C=CC(=Cc2ccccc2)c2ccccc21. The summed E-state index contributed by atoms with van der Waals surface area (Å²) in [6.07, 6.45) is 5.94. The van der Waals surface area contributed by atoms with Crippen molar-refractivity contribution in [2.24, 2.45) is 5.16 Å². The van der Waals surface area contributed by atoms with Gasteiger partial charge in [0.25, 0.3) is 0 Å². The Morgan fingerprint density at radius 3 is 2.21 bits per heavy atom. The van der Waals surface area contributed by atoms with Gasteiger partial charge < -0.3 is 5.21 Å². The molecule has 2 nitrogen and oxygen atoms in total. The van der Waals surface area contributed by atoms with Gasteiger partial charge in [0.15, 0.2) is 0 Å². The second-order valence-electron chi connectivity index (χ2n) is 4.37. The van der Waals surface area contributed by atoms with E-state index in [0.717, 1.165) is 22.3 Å². The van der Waals surface area contributed by atoms with Crippen LogP contribution < -0.4 is 0 Å². The highest BCUT2D eigenvalue weighted by molar-refractivity contribution is 6.16. The zero-order chi connectivity index (χ0) is 13.1. The van der Waals surface area contributed by atoms with Gasteiger partial charge in [-0.25, -0.2) is 0 Å². The molecule has 1 N–H and O–H groups in total. The molecular weight excluding hydrogens is 234 g/mol. The molecule has 0 atom stereocenters. The van der Waals surface area contributed by atoms with Crippen molar-refractivity contribution in [1.29, 1.82) is 0 Å². The summed E-state index contributed by atoms with van der Waals surface area (Å²) in [5, 5.41) is 12.4. The molecule has 0 aromatic heterocycles. The third-order valence-corrected chi connectivity index (χ3v) is 3.16. The van der Waals surface area contributed by atoms with Crippen molar-refractivity contribution < 1.29 is 5.21 Å². The molecule has 0 fully saturated rings. The average Bonchev–Trinajstić information content (AvgIpc) is 2.49. The number of oxime groups is 1. The van der Waals surface area contributed by atoms with E-state index in [9.17, 15) is 0 Å². The highest BCUT2D eigenvalue weighted by Crippen LogP contribution is 2.27. The Morgan fingerprint density at radius 1 is 0.789 bits per heavy atom. The Labute approximate surface area is 112 Å². The lowest BCUT2D eigenvalue weighted by Crippen LogP contribution is -2.05. The lowest BCUT2D eigenvalue weighted by Gasteiger charge is -2.14. The second kappa shape index (κ2) is 4.94. The van der Waals surface area contributed by atoms with E-state index in [4.69, 9.17) is 5.21 Å². The molecule has 1 aliphatic carbocycles. The van der Waals surface area contributed by atoms with Gasteiger partial charge in [0.1, 0.15) is 5.71 Å². The largest absolute Gasteiger partial charge is 0.410 e. The molecule has 0 heterocycles. The lowest BCUT2D eigenvalue weighted by atomic mass is 9.90. The molecule has 2 aromatic rings. The highest BCUT2D eigenvalue weighted by Gasteiger charge is 2.14. The predicted octanol–water partition coefficient (Wildman–Crippen LogP) is 3.98. The van der Waals surface area contributed by atoms with E-state index in [2.05, 4.69) is 23.4 Å². The van der Waals surface area contributed by atoms with Gasteiger partial charge >= 0.3 is 0 Å². The molecule has 0 saturated heterocycles. The van der Waals surface area contributed by atoms with Crippen LogP contribution in [0, 0.1) is 0 Å². The van der Waals surface area contributed by atoms with E-state index >= 15 is 0 Å². The molecule has 2 aromatic carbocycles. The molecule has 0 amide bonds. The Kier molecular flexibility index (Phi) is 2.99. The number of allylic oxidation sites excluding steroid dienone is 3.